The molecule has 2 saturated carbocycles. The second-order valence-corrected chi connectivity index (χ2v) is 16.7. The molecule has 5 atom stereocenters. The average molecular weight is 682 g/mol. The Balaban J connectivity index is 1.26. The van der Waals surface area contributed by atoms with E-state index in [1.807, 2.05) is 41.5 Å². The molecular weight excluding hydrogens is 628 g/mol. The quantitative estimate of drug-likeness (QED) is 0.172. The first kappa shape index (κ1) is 37.3. The number of carbonyl (C=O) groups excluding carboxylic acids is 3. The molecule has 1 aliphatic heterocycles. The molecule has 5 unspecified atom stereocenters. The van der Waals surface area contributed by atoms with Crippen LogP contribution >= 0.6 is 11.9 Å². The van der Waals surface area contributed by atoms with Gasteiger partial charge in [-0.05, 0) is 116 Å². The highest BCUT2D eigenvalue weighted by atomic mass is 32.2. The van der Waals surface area contributed by atoms with E-state index in [4.69, 9.17) is 9.47 Å². The molecule has 3 aliphatic rings. The molecule has 2 fully saturated rings. The van der Waals surface area contributed by atoms with Crippen molar-refractivity contribution in [2.24, 2.45) is 11.8 Å². The molecule has 4 N–H and O–H groups in total. The third-order valence-electron chi connectivity index (χ3n) is 9.10. The lowest BCUT2D eigenvalue weighted by Gasteiger charge is -2.55. The molecule has 2 bridgehead atoms. The number of benzene rings is 1. The van der Waals surface area contributed by atoms with E-state index in [0.717, 1.165) is 37.6 Å². The van der Waals surface area contributed by atoms with E-state index in [9.17, 15) is 23.2 Å². The number of amides is 3. The Kier molecular flexibility index (Phi) is 11.6. The van der Waals surface area contributed by atoms with Crippen LogP contribution in [-0.4, -0.2) is 70.2 Å². The molecule has 1 heterocycles. The zero-order valence-electron chi connectivity index (χ0n) is 29.1. The van der Waals surface area contributed by atoms with Crippen LogP contribution in [-0.2, 0) is 27.4 Å². The number of carbonyl (C=O) groups is 3. The van der Waals surface area contributed by atoms with Gasteiger partial charge in [0, 0.05) is 48.7 Å². The topological polar surface area (TPSA) is 121 Å². The van der Waals surface area contributed by atoms with Crippen molar-refractivity contribution in [1.29, 1.82) is 0 Å². The zero-order chi connectivity index (χ0) is 34.8. The largest absolute Gasteiger partial charge is 0.451 e. The molecule has 2 aliphatic carbocycles. The van der Waals surface area contributed by atoms with Crippen LogP contribution < -0.4 is 20.7 Å². The molecule has 0 spiro atoms. The molecule has 264 valence electrons. The lowest BCUT2D eigenvalue weighted by atomic mass is 9.58. The third kappa shape index (κ3) is 10.8. The van der Waals surface area contributed by atoms with Crippen molar-refractivity contribution in [2.45, 2.75) is 129 Å². The van der Waals surface area contributed by atoms with E-state index in [1.165, 1.54) is 12.1 Å². The Morgan fingerprint density at radius 3 is 2.32 bits per heavy atom. The van der Waals surface area contributed by atoms with Crippen LogP contribution in [0.3, 0.4) is 0 Å². The van der Waals surface area contributed by atoms with Crippen LogP contribution in [0.25, 0.3) is 0 Å². The lowest BCUT2D eigenvalue weighted by molar-refractivity contribution is -0.131. The predicted octanol–water partition coefficient (Wildman–Crippen LogP) is 5.78. The molecule has 10 nitrogen and oxygen atoms in total. The maximum absolute atomic E-state index is 13.7. The van der Waals surface area contributed by atoms with E-state index < -0.39 is 33.7 Å². The Morgan fingerprint density at radius 2 is 1.70 bits per heavy atom. The number of halogens is 2. The van der Waals surface area contributed by atoms with Gasteiger partial charge < -0.3 is 30.3 Å². The number of rotatable bonds is 11. The smallest absolute Gasteiger partial charge is 0.383 e. The monoisotopic (exact) mass is 681 g/mol. The highest BCUT2D eigenvalue weighted by Gasteiger charge is 2.50. The van der Waals surface area contributed by atoms with E-state index >= 15 is 0 Å². The van der Waals surface area contributed by atoms with Gasteiger partial charge in [-0.25, -0.2) is 23.1 Å². The second-order valence-electron chi connectivity index (χ2n) is 15.9. The van der Waals surface area contributed by atoms with Crippen molar-refractivity contribution in [1.82, 2.24) is 25.6 Å². The number of hydrogen-bond acceptors (Lipinski definition) is 8. The summed E-state index contributed by atoms with van der Waals surface area (Å²) >= 11 is 0.893. The van der Waals surface area contributed by atoms with Crippen molar-refractivity contribution < 1.29 is 32.6 Å². The molecule has 13 heteroatoms. The van der Waals surface area contributed by atoms with Gasteiger partial charge in [0.15, 0.2) is 11.6 Å². The SMILES string of the molecule is CC1CC2CC(C)(NC(=O)NCC(C)(C)OCC(C)NSC(=O)OC(C)(C)C)CC(NCC(=O)N3Cc4cc(F)c(F)cc4C3)(C1)C2. The van der Waals surface area contributed by atoms with Gasteiger partial charge in [0.2, 0.25) is 5.91 Å². The minimum Gasteiger partial charge on any atom is -0.451 e. The van der Waals surface area contributed by atoms with Crippen molar-refractivity contribution in [3.05, 3.63) is 34.9 Å². The molecule has 1 aromatic carbocycles. The van der Waals surface area contributed by atoms with Gasteiger partial charge in [0.25, 0.3) is 0 Å². The number of ether oxygens (including phenoxy) is 2. The maximum atomic E-state index is 13.7. The fourth-order valence-electron chi connectivity index (χ4n) is 7.51. The van der Waals surface area contributed by atoms with E-state index in [0.29, 0.717) is 36.0 Å². The fraction of sp³-hybridized carbons (Fsp3) is 0.735. The summed E-state index contributed by atoms with van der Waals surface area (Å²) in [4.78, 5) is 40.0. The number of hydrogen-bond donors (Lipinski definition) is 4. The number of nitrogens with one attached hydrogen (secondary N) is 4. The molecule has 3 amide bonds. The summed E-state index contributed by atoms with van der Waals surface area (Å²) in [6, 6.07) is 1.95. The minimum atomic E-state index is -0.898. The molecule has 0 aromatic heterocycles. The standard InChI is InChI=1S/C34H53F2N5O5S/c1-21-9-23-13-33(8,39-29(43)37-20-32(6,7)45-18-22(2)40-47-30(44)46-31(3,4)5)19-34(12-21,14-23)38-15-28(42)41-16-24-10-26(35)27(36)11-25(24)17-41/h10-11,21-23,38,40H,9,12-20H2,1-8H3,(H2,37,39,43). The van der Waals surface area contributed by atoms with Crippen LogP contribution in [0, 0.1) is 23.5 Å². The Morgan fingerprint density at radius 1 is 1.06 bits per heavy atom. The summed E-state index contributed by atoms with van der Waals surface area (Å²) in [6.45, 7) is 16.7. The van der Waals surface area contributed by atoms with Gasteiger partial charge in [0.05, 0.1) is 18.8 Å². The Labute approximate surface area is 282 Å². The summed E-state index contributed by atoms with van der Waals surface area (Å²) < 4.78 is 41.9. The van der Waals surface area contributed by atoms with Crippen LogP contribution in [0.15, 0.2) is 12.1 Å². The van der Waals surface area contributed by atoms with Crippen LogP contribution in [0.2, 0.25) is 0 Å². The normalized spacial score (nSPS) is 26.4. The number of nitrogens with zero attached hydrogens (tertiary/aromatic N) is 1. The van der Waals surface area contributed by atoms with Gasteiger partial charge in [-0.15, -0.1) is 0 Å². The van der Waals surface area contributed by atoms with Gasteiger partial charge in [-0.1, -0.05) is 6.92 Å². The molecular formula is C34H53F2N5O5S. The van der Waals surface area contributed by atoms with Gasteiger partial charge in [0.1, 0.15) is 5.60 Å². The van der Waals surface area contributed by atoms with E-state index in [1.54, 1.807) is 4.90 Å². The van der Waals surface area contributed by atoms with Crippen molar-refractivity contribution in [3.8, 4) is 0 Å². The summed E-state index contributed by atoms with van der Waals surface area (Å²) in [5.41, 5.74) is -0.732. The van der Waals surface area contributed by atoms with E-state index in [-0.39, 0.29) is 49.7 Å². The highest BCUT2D eigenvalue weighted by molar-refractivity contribution is 8.11. The molecule has 0 saturated heterocycles. The summed E-state index contributed by atoms with van der Waals surface area (Å²) in [5, 5.41) is 9.40. The van der Waals surface area contributed by atoms with Crippen molar-refractivity contribution in [3.63, 3.8) is 0 Å². The average Bonchev–Trinajstić information content (AvgIpc) is 3.33. The van der Waals surface area contributed by atoms with Crippen molar-refractivity contribution in [2.75, 3.05) is 19.7 Å². The maximum Gasteiger partial charge on any atom is 0.383 e. The Hall–Kier alpha value is -2.48. The number of fused-ring (bicyclic) bond motifs is 3. The summed E-state index contributed by atoms with van der Waals surface area (Å²) in [5.74, 6) is -1.03. The first-order valence-electron chi connectivity index (χ1n) is 16.6. The molecule has 4 rings (SSSR count). The Bertz CT molecular complexity index is 1290. The van der Waals surface area contributed by atoms with E-state index in [2.05, 4.69) is 34.5 Å². The second kappa shape index (κ2) is 14.6. The van der Waals surface area contributed by atoms with Crippen LogP contribution in [0.1, 0.15) is 98.6 Å². The molecule has 47 heavy (non-hydrogen) atoms. The minimum absolute atomic E-state index is 0.112. The fourth-order valence-corrected chi connectivity index (χ4v) is 8.16. The highest BCUT2D eigenvalue weighted by Crippen LogP contribution is 2.49. The van der Waals surface area contributed by atoms with Crippen LogP contribution in [0.4, 0.5) is 18.4 Å². The third-order valence-corrected chi connectivity index (χ3v) is 9.87. The molecule has 1 aromatic rings. The van der Waals surface area contributed by atoms with Gasteiger partial charge in [-0.2, -0.15) is 0 Å². The first-order chi connectivity index (χ1) is 21.7. The van der Waals surface area contributed by atoms with Gasteiger partial charge in [-0.3, -0.25) is 4.79 Å². The predicted molar refractivity (Wildman–Crippen MR) is 178 cm³/mol. The van der Waals surface area contributed by atoms with Crippen molar-refractivity contribution >= 4 is 29.2 Å². The summed E-state index contributed by atoms with van der Waals surface area (Å²) in [6.07, 6.45) is 4.41. The first-order valence-corrected chi connectivity index (χ1v) is 17.4. The zero-order valence-corrected chi connectivity index (χ0v) is 29.9. The van der Waals surface area contributed by atoms with Crippen LogP contribution in [0.5, 0.6) is 0 Å². The molecule has 0 radical (unpaired) electrons. The van der Waals surface area contributed by atoms with Gasteiger partial charge >= 0.3 is 11.3 Å². The summed E-state index contributed by atoms with van der Waals surface area (Å²) in [7, 11) is 0. The lowest BCUT2D eigenvalue weighted by Crippen LogP contribution is -2.65. The number of urea groups is 1.